The van der Waals surface area contributed by atoms with E-state index in [4.69, 9.17) is 9.97 Å². The molecule has 18 heavy (non-hydrogen) atoms. The zero-order chi connectivity index (χ0) is 13.5. The summed E-state index contributed by atoms with van der Waals surface area (Å²) in [5.41, 5.74) is 3.85. The van der Waals surface area contributed by atoms with E-state index in [0.29, 0.717) is 5.92 Å². The van der Waals surface area contributed by atoms with Crippen molar-refractivity contribution in [2.24, 2.45) is 0 Å². The number of likely N-dealkylation sites (N-methyl/N-ethyl adjacent to an activating group) is 1. The van der Waals surface area contributed by atoms with Crippen molar-refractivity contribution in [1.29, 1.82) is 0 Å². The Morgan fingerprint density at radius 3 is 2.00 bits per heavy atom. The lowest BCUT2D eigenvalue weighted by atomic mass is 10.0. The molecule has 0 saturated heterocycles. The summed E-state index contributed by atoms with van der Waals surface area (Å²) < 4.78 is 0. The number of nitrogens with zero attached hydrogens (tertiary/aromatic N) is 2. The Morgan fingerprint density at radius 1 is 1.06 bits per heavy atom. The number of rotatable bonds is 7. The molecule has 1 atom stereocenters. The number of hydrogen-bond acceptors (Lipinski definition) is 3. The molecule has 0 aliphatic rings. The maximum Gasteiger partial charge on any atom is 0.131 e. The van der Waals surface area contributed by atoms with Gasteiger partial charge in [0.25, 0.3) is 0 Å². The lowest BCUT2D eigenvalue weighted by Gasteiger charge is -2.16. The molecule has 3 heteroatoms. The van der Waals surface area contributed by atoms with E-state index in [-0.39, 0.29) is 0 Å². The summed E-state index contributed by atoms with van der Waals surface area (Å²) >= 11 is 0. The van der Waals surface area contributed by atoms with E-state index in [1.54, 1.807) is 0 Å². The molecule has 0 amide bonds. The van der Waals surface area contributed by atoms with E-state index in [0.717, 1.165) is 38.1 Å². The van der Waals surface area contributed by atoms with E-state index in [2.05, 4.69) is 33.0 Å². The summed E-state index contributed by atoms with van der Waals surface area (Å²) in [4.78, 5) is 9.57. The van der Waals surface area contributed by atoms with Crippen LogP contribution in [-0.2, 0) is 19.3 Å². The predicted octanol–water partition coefficient (Wildman–Crippen LogP) is 2.88. The average Bonchev–Trinajstić information content (AvgIpc) is 2.43. The molecule has 1 aromatic heterocycles. The molecule has 0 aliphatic heterocycles. The highest BCUT2D eigenvalue weighted by Gasteiger charge is 2.14. The normalized spacial score (nSPS) is 12.7. The van der Waals surface area contributed by atoms with Gasteiger partial charge in [0.1, 0.15) is 5.82 Å². The molecule has 0 fully saturated rings. The largest absolute Gasteiger partial charge is 0.319 e. The second-order valence-corrected chi connectivity index (χ2v) is 4.82. The second kappa shape index (κ2) is 7.47. The first-order valence-corrected chi connectivity index (χ1v) is 7.20. The molecular formula is C15H27N3. The molecule has 1 rings (SSSR count). The SMILES string of the molecule is CCc1nc(C(C)CC)nc(CC)c1CCNC. The van der Waals surface area contributed by atoms with Gasteiger partial charge in [0.15, 0.2) is 0 Å². The zero-order valence-corrected chi connectivity index (χ0v) is 12.5. The third-order valence-corrected chi connectivity index (χ3v) is 3.54. The Labute approximate surface area is 111 Å². The second-order valence-electron chi connectivity index (χ2n) is 4.82. The summed E-state index contributed by atoms with van der Waals surface area (Å²) in [6.07, 6.45) is 4.13. The first-order valence-electron chi connectivity index (χ1n) is 7.20. The van der Waals surface area contributed by atoms with Crippen molar-refractivity contribution in [1.82, 2.24) is 15.3 Å². The Balaban J connectivity index is 3.16. The van der Waals surface area contributed by atoms with E-state index in [1.807, 2.05) is 7.05 Å². The number of nitrogens with one attached hydrogen (secondary N) is 1. The molecule has 0 saturated carbocycles. The van der Waals surface area contributed by atoms with Crippen molar-refractivity contribution in [3.63, 3.8) is 0 Å². The summed E-state index contributed by atoms with van der Waals surface area (Å²) in [6, 6.07) is 0. The van der Waals surface area contributed by atoms with Crippen molar-refractivity contribution in [2.45, 2.75) is 59.3 Å². The molecular weight excluding hydrogens is 222 g/mol. The maximum absolute atomic E-state index is 4.78. The van der Waals surface area contributed by atoms with Crippen LogP contribution in [0.25, 0.3) is 0 Å². The molecule has 102 valence electrons. The van der Waals surface area contributed by atoms with Gasteiger partial charge in [-0.25, -0.2) is 9.97 Å². The van der Waals surface area contributed by atoms with Gasteiger partial charge >= 0.3 is 0 Å². The van der Waals surface area contributed by atoms with Crippen LogP contribution in [0, 0.1) is 0 Å². The van der Waals surface area contributed by atoms with Gasteiger partial charge in [-0.3, -0.25) is 0 Å². The molecule has 1 unspecified atom stereocenters. The third kappa shape index (κ3) is 3.52. The van der Waals surface area contributed by atoms with Crippen LogP contribution in [-0.4, -0.2) is 23.6 Å². The summed E-state index contributed by atoms with van der Waals surface area (Å²) in [5, 5.41) is 3.21. The Bertz CT molecular complexity index is 349. The van der Waals surface area contributed by atoms with Crippen molar-refractivity contribution >= 4 is 0 Å². The Hall–Kier alpha value is -0.960. The van der Waals surface area contributed by atoms with Crippen LogP contribution >= 0.6 is 0 Å². The average molecular weight is 249 g/mol. The van der Waals surface area contributed by atoms with Crippen molar-refractivity contribution in [3.8, 4) is 0 Å². The van der Waals surface area contributed by atoms with Crippen LogP contribution in [0.5, 0.6) is 0 Å². The fourth-order valence-corrected chi connectivity index (χ4v) is 2.13. The first kappa shape index (κ1) is 15.1. The smallest absolute Gasteiger partial charge is 0.131 e. The zero-order valence-electron chi connectivity index (χ0n) is 12.5. The van der Waals surface area contributed by atoms with E-state index in [9.17, 15) is 0 Å². The molecule has 1 heterocycles. The standard InChI is InChI=1S/C15H27N3/c1-6-11(4)15-17-13(7-2)12(9-10-16-5)14(8-3)18-15/h11,16H,6-10H2,1-5H3. The van der Waals surface area contributed by atoms with E-state index in [1.165, 1.54) is 17.0 Å². The van der Waals surface area contributed by atoms with Crippen molar-refractivity contribution in [2.75, 3.05) is 13.6 Å². The monoisotopic (exact) mass is 249 g/mol. The van der Waals surface area contributed by atoms with Gasteiger partial charge in [-0.2, -0.15) is 0 Å². The van der Waals surface area contributed by atoms with Crippen molar-refractivity contribution in [3.05, 3.63) is 22.8 Å². The number of aryl methyl sites for hydroxylation is 2. The highest BCUT2D eigenvalue weighted by atomic mass is 14.9. The topological polar surface area (TPSA) is 37.8 Å². The van der Waals surface area contributed by atoms with Gasteiger partial charge in [-0.15, -0.1) is 0 Å². The van der Waals surface area contributed by atoms with Gasteiger partial charge in [-0.05, 0) is 44.8 Å². The maximum atomic E-state index is 4.78. The fraction of sp³-hybridized carbons (Fsp3) is 0.733. The van der Waals surface area contributed by atoms with Crippen LogP contribution in [0.4, 0.5) is 0 Å². The number of aromatic nitrogens is 2. The van der Waals surface area contributed by atoms with E-state index >= 15 is 0 Å². The number of hydrogen-bond donors (Lipinski definition) is 1. The summed E-state index contributed by atoms with van der Waals surface area (Å²) in [7, 11) is 1.99. The molecule has 0 bridgehead atoms. The molecule has 0 aliphatic carbocycles. The van der Waals surface area contributed by atoms with Crippen LogP contribution in [0.2, 0.25) is 0 Å². The summed E-state index contributed by atoms with van der Waals surface area (Å²) in [5.74, 6) is 1.48. The lowest BCUT2D eigenvalue weighted by molar-refractivity contribution is 0.653. The molecule has 3 nitrogen and oxygen atoms in total. The minimum Gasteiger partial charge on any atom is -0.319 e. The molecule has 0 radical (unpaired) electrons. The van der Waals surface area contributed by atoms with E-state index < -0.39 is 0 Å². The quantitative estimate of drug-likeness (QED) is 0.807. The van der Waals surface area contributed by atoms with Crippen LogP contribution < -0.4 is 5.32 Å². The minimum atomic E-state index is 0.457. The lowest BCUT2D eigenvalue weighted by Crippen LogP contribution is -2.16. The van der Waals surface area contributed by atoms with Gasteiger partial charge < -0.3 is 5.32 Å². The van der Waals surface area contributed by atoms with Crippen molar-refractivity contribution < 1.29 is 0 Å². The van der Waals surface area contributed by atoms with Crippen LogP contribution in [0.3, 0.4) is 0 Å². The molecule has 0 aromatic carbocycles. The van der Waals surface area contributed by atoms with Gasteiger partial charge in [0.05, 0.1) is 0 Å². The predicted molar refractivity (Wildman–Crippen MR) is 77.1 cm³/mol. The van der Waals surface area contributed by atoms with Gasteiger partial charge in [0.2, 0.25) is 0 Å². The van der Waals surface area contributed by atoms with Gasteiger partial charge in [-0.1, -0.05) is 27.7 Å². The molecule has 1 aromatic rings. The summed E-state index contributed by atoms with van der Waals surface area (Å²) in [6.45, 7) is 9.77. The Kier molecular flexibility index (Phi) is 6.27. The van der Waals surface area contributed by atoms with Crippen LogP contribution in [0.15, 0.2) is 0 Å². The minimum absolute atomic E-state index is 0.457. The molecule has 0 spiro atoms. The highest BCUT2D eigenvalue weighted by Crippen LogP contribution is 2.20. The third-order valence-electron chi connectivity index (χ3n) is 3.54. The fourth-order valence-electron chi connectivity index (χ4n) is 2.13. The Morgan fingerprint density at radius 2 is 1.61 bits per heavy atom. The van der Waals surface area contributed by atoms with Gasteiger partial charge in [0, 0.05) is 17.3 Å². The van der Waals surface area contributed by atoms with Crippen LogP contribution in [0.1, 0.15) is 62.8 Å². The molecule has 1 N–H and O–H groups in total. The highest BCUT2D eigenvalue weighted by molar-refractivity contribution is 5.27. The first-order chi connectivity index (χ1) is 8.67.